The number of aryl methyl sites for hydroxylation is 2. The van der Waals surface area contributed by atoms with E-state index in [2.05, 4.69) is 10.6 Å². The Morgan fingerprint density at radius 3 is 2.20 bits per heavy atom. The fourth-order valence-corrected chi connectivity index (χ4v) is 4.90. The maximum Gasteiger partial charge on any atom is 0.408 e. The number of amides is 3. The number of hydrogen-bond donors (Lipinski definition) is 2. The van der Waals surface area contributed by atoms with Crippen molar-refractivity contribution in [2.75, 3.05) is 12.4 Å². The minimum atomic E-state index is -0.882. The summed E-state index contributed by atoms with van der Waals surface area (Å²) >= 11 is 0. The SMILES string of the molecule is CCC(C)C(NC(=O)OC(C)(C)C)C(=O)N(C1CCC1)C(C(=O)Nc1ccc(OC)cc1)c1ccc(C)cc1C. The molecule has 1 aliphatic rings. The number of anilines is 1. The number of nitrogens with zero attached hydrogens (tertiary/aromatic N) is 1. The van der Waals surface area contributed by atoms with Crippen molar-refractivity contribution < 1.29 is 23.9 Å². The summed E-state index contributed by atoms with van der Waals surface area (Å²) in [6.07, 6.45) is 2.58. The van der Waals surface area contributed by atoms with E-state index in [9.17, 15) is 14.4 Å². The van der Waals surface area contributed by atoms with Gasteiger partial charge >= 0.3 is 6.09 Å². The Labute approximate surface area is 238 Å². The Kier molecular flexibility index (Phi) is 10.2. The molecule has 3 atom stereocenters. The van der Waals surface area contributed by atoms with Crippen molar-refractivity contribution in [3.05, 3.63) is 59.2 Å². The summed E-state index contributed by atoms with van der Waals surface area (Å²) in [6.45, 7) is 13.2. The van der Waals surface area contributed by atoms with Crippen LogP contribution in [-0.4, -0.2) is 47.6 Å². The molecule has 0 aromatic heterocycles. The normalized spacial score (nSPS) is 15.7. The lowest BCUT2D eigenvalue weighted by Crippen LogP contribution is -2.58. The van der Waals surface area contributed by atoms with Crippen molar-refractivity contribution in [1.82, 2.24) is 10.2 Å². The van der Waals surface area contributed by atoms with Gasteiger partial charge in [-0.3, -0.25) is 9.59 Å². The molecule has 2 aromatic rings. The molecule has 2 N–H and O–H groups in total. The maximum absolute atomic E-state index is 14.5. The minimum absolute atomic E-state index is 0.119. The Morgan fingerprint density at radius 1 is 1.05 bits per heavy atom. The number of rotatable bonds is 10. The first-order valence-corrected chi connectivity index (χ1v) is 14.2. The van der Waals surface area contributed by atoms with Gasteiger partial charge in [0.1, 0.15) is 23.4 Å². The largest absolute Gasteiger partial charge is 0.497 e. The summed E-state index contributed by atoms with van der Waals surface area (Å²) < 4.78 is 10.8. The van der Waals surface area contributed by atoms with E-state index in [-0.39, 0.29) is 23.8 Å². The molecule has 40 heavy (non-hydrogen) atoms. The van der Waals surface area contributed by atoms with E-state index in [1.165, 1.54) is 0 Å². The lowest BCUT2D eigenvalue weighted by Gasteiger charge is -2.44. The number of carbonyl (C=O) groups excluding carboxylic acids is 3. The monoisotopic (exact) mass is 551 g/mol. The third-order valence-corrected chi connectivity index (χ3v) is 7.48. The van der Waals surface area contributed by atoms with Gasteiger partial charge in [-0.2, -0.15) is 0 Å². The second kappa shape index (κ2) is 13.2. The Balaban J connectivity index is 2.06. The van der Waals surface area contributed by atoms with Gasteiger partial charge < -0.3 is 25.0 Å². The number of benzene rings is 2. The highest BCUT2D eigenvalue weighted by molar-refractivity contribution is 5.99. The van der Waals surface area contributed by atoms with Crippen LogP contribution in [0.5, 0.6) is 5.75 Å². The van der Waals surface area contributed by atoms with Gasteiger partial charge in [-0.25, -0.2) is 4.79 Å². The van der Waals surface area contributed by atoms with E-state index in [0.29, 0.717) is 17.9 Å². The highest BCUT2D eigenvalue weighted by Crippen LogP contribution is 2.36. The van der Waals surface area contributed by atoms with Crippen LogP contribution >= 0.6 is 0 Å². The van der Waals surface area contributed by atoms with E-state index in [4.69, 9.17) is 9.47 Å². The zero-order chi connectivity index (χ0) is 29.6. The average Bonchev–Trinajstić information content (AvgIpc) is 2.85. The van der Waals surface area contributed by atoms with Gasteiger partial charge in [0.25, 0.3) is 5.91 Å². The van der Waals surface area contributed by atoms with Gasteiger partial charge in [-0.15, -0.1) is 0 Å². The standard InChI is InChI=1S/C32H45N3O5/c1-9-21(3)27(34-31(38)40-32(5,6)7)30(37)35(24-11-10-12-24)28(26-18-13-20(2)19-22(26)4)29(36)33-23-14-16-25(39-8)17-15-23/h13-19,21,24,27-28H,9-12H2,1-8H3,(H,33,36)(H,34,38). The number of alkyl carbamates (subject to hydrolysis) is 1. The molecule has 0 bridgehead atoms. The van der Waals surface area contributed by atoms with Crippen LogP contribution in [0.25, 0.3) is 0 Å². The Hall–Kier alpha value is -3.55. The number of ether oxygens (including phenoxy) is 2. The molecule has 0 spiro atoms. The van der Waals surface area contributed by atoms with Gasteiger partial charge in [0.2, 0.25) is 5.91 Å². The van der Waals surface area contributed by atoms with Gasteiger partial charge in [-0.05, 0) is 95.2 Å². The summed E-state index contributed by atoms with van der Waals surface area (Å²) in [4.78, 5) is 43.1. The van der Waals surface area contributed by atoms with Crippen LogP contribution < -0.4 is 15.4 Å². The van der Waals surface area contributed by atoms with Crippen LogP contribution in [0.2, 0.25) is 0 Å². The first-order chi connectivity index (χ1) is 18.8. The van der Waals surface area contributed by atoms with E-state index >= 15 is 0 Å². The molecular weight excluding hydrogens is 506 g/mol. The number of carbonyl (C=O) groups is 3. The van der Waals surface area contributed by atoms with Crippen molar-refractivity contribution in [3.63, 3.8) is 0 Å². The predicted molar refractivity (Wildman–Crippen MR) is 157 cm³/mol. The fourth-order valence-electron chi connectivity index (χ4n) is 4.90. The second-order valence-electron chi connectivity index (χ2n) is 11.8. The zero-order valence-corrected chi connectivity index (χ0v) is 25.2. The highest BCUT2D eigenvalue weighted by atomic mass is 16.6. The summed E-state index contributed by atoms with van der Waals surface area (Å²) in [6, 6.07) is 11.2. The van der Waals surface area contributed by atoms with Gasteiger partial charge in [0.05, 0.1) is 7.11 Å². The smallest absolute Gasteiger partial charge is 0.408 e. The quantitative estimate of drug-likeness (QED) is 0.361. The lowest BCUT2D eigenvalue weighted by molar-refractivity contribution is -0.147. The Morgan fingerprint density at radius 2 is 1.70 bits per heavy atom. The summed E-state index contributed by atoms with van der Waals surface area (Å²) in [5, 5.41) is 5.87. The van der Waals surface area contributed by atoms with Gasteiger partial charge in [0.15, 0.2) is 0 Å². The molecule has 0 aliphatic heterocycles. The lowest BCUT2D eigenvalue weighted by atomic mass is 9.86. The number of methoxy groups -OCH3 is 1. The molecule has 0 radical (unpaired) electrons. The first-order valence-electron chi connectivity index (χ1n) is 14.2. The van der Waals surface area contributed by atoms with Crippen molar-refractivity contribution in [3.8, 4) is 5.75 Å². The summed E-state index contributed by atoms with van der Waals surface area (Å²) in [5.41, 5.74) is 2.65. The molecule has 218 valence electrons. The first kappa shape index (κ1) is 31.0. The average molecular weight is 552 g/mol. The molecule has 3 amide bonds. The van der Waals surface area contributed by atoms with Crippen LogP contribution in [0.3, 0.4) is 0 Å². The van der Waals surface area contributed by atoms with Gasteiger partial charge in [-0.1, -0.05) is 44.0 Å². The zero-order valence-electron chi connectivity index (χ0n) is 25.2. The molecule has 3 rings (SSSR count). The van der Waals surface area contributed by atoms with Crippen LogP contribution in [0.1, 0.15) is 83.0 Å². The highest BCUT2D eigenvalue weighted by Gasteiger charge is 2.43. The van der Waals surface area contributed by atoms with Crippen LogP contribution in [0.4, 0.5) is 10.5 Å². The molecule has 1 fully saturated rings. The molecule has 8 heteroatoms. The summed E-state index contributed by atoms with van der Waals surface area (Å²) in [7, 11) is 1.59. The molecule has 2 aromatic carbocycles. The molecule has 3 unspecified atom stereocenters. The number of nitrogens with one attached hydrogen (secondary N) is 2. The van der Waals surface area contributed by atoms with Crippen LogP contribution in [-0.2, 0) is 14.3 Å². The van der Waals surface area contributed by atoms with Crippen molar-refractivity contribution in [2.24, 2.45) is 5.92 Å². The Bertz CT molecular complexity index is 1180. The molecule has 0 heterocycles. The van der Waals surface area contributed by atoms with Crippen LogP contribution in [0, 0.1) is 19.8 Å². The second-order valence-corrected chi connectivity index (χ2v) is 11.8. The third-order valence-electron chi connectivity index (χ3n) is 7.48. The van der Waals surface area contributed by atoms with E-state index in [0.717, 1.165) is 36.0 Å². The number of hydrogen-bond acceptors (Lipinski definition) is 5. The summed E-state index contributed by atoms with van der Waals surface area (Å²) in [5.74, 6) is -0.0795. The molecular formula is C32H45N3O5. The van der Waals surface area contributed by atoms with E-state index in [1.54, 1.807) is 57.0 Å². The third kappa shape index (κ3) is 7.77. The fraction of sp³-hybridized carbons (Fsp3) is 0.531. The van der Waals surface area contributed by atoms with Gasteiger partial charge in [0, 0.05) is 11.7 Å². The molecule has 1 aliphatic carbocycles. The van der Waals surface area contributed by atoms with Crippen molar-refractivity contribution in [2.45, 2.75) is 97.9 Å². The maximum atomic E-state index is 14.5. The molecule has 0 saturated heterocycles. The predicted octanol–water partition coefficient (Wildman–Crippen LogP) is 6.31. The molecule has 8 nitrogen and oxygen atoms in total. The van der Waals surface area contributed by atoms with E-state index in [1.807, 2.05) is 45.9 Å². The van der Waals surface area contributed by atoms with Crippen molar-refractivity contribution >= 4 is 23.6 Å². The van der Waals surface area contributed by atoms with Crippen LogP contribution in [0.15, 0.2) is 42.5 Å². The molecule has 1 saturated carbocycles. The topological polar surface area (TPSA) is 97.0 Å². The van der Waals surface area contributed by atoms with Crippen molar-refractivity contribution in [1.29, 1.82) is 0 Å². The van der Waals surface area contributed by atoms with E-state index < -0.39 is 23.8 Å². The minimum Gasteiger partial charge on any atom is -0.497 e.